The first-order valence-corrected chi connectivity index (χ1v) is 20.6. The zero-order chi connectivity index (χ0) is 34.7. The van der Waals surface area contributed by atoms with E-state index in [2.05, 4.69) is 167 Å². The minimum Gasteiger partial charge on any atom is -0.319 e. The molecule has 0 spiro atoms. The summed E-state index contributed by atoms with van der Waals surface area (Å²) in [5.74, 6) is 1.71. The minimum absolute atomic E-state index is 0. The van der Waals surface area contributed by atoms with Gasteiger partial charge in [-0.3, -0.25) is 0 Å². The van der Waals surface area contributed by atoms with Crippen LogP contribution in [0.5, 0.6) is 0 Å². The van der Waals surface area contributed by atoms with Crippen LogP contribution in [0.15, 0.2) is 115 Å². The third-order valence-electron chi connectivity index (χ3n) is 10.3. The molecular formula is C44H43N4OPtSi-. The van der Waals surface area contributed by atoms with Gasteiger partial charge in [-0.25, -0.2) is 4.98 Å². The van der Waals surface area contributed by atoms with Gasteiger partial charge in [-0.15, -0.1) is 21.6 Å². The fourth-order valence-corrected chi connectivity index (χ4v) is 9.67. The average molecular weight is 867 g/mol. The number of hydrogen-bond acceptors (Lipinski definition) is 3. The molecule has 3 heterocycles. The van der Waals surface area contributed by atoms with Gasteiger partial charge in [0.2, 0.25) is 0 Å². The van der Waals surface area contributed by atoms with Gasteiger partial charge in [-0.05, 0) is 69.8 Å². The number of hydroxylamine groups is 1. The van der Waals surface area contributed by atoms with Crippen molar-refractivity contribution in [1.29, 1.82) is 0 Å². The molecule has 5 aromatic carbocycles. The fourth-order valence-electron chi connectivity index (χ4n) is 7.49. The number of aromatic nitrogens is 2. The van der Waals surface area contributed by atoms with Crippen molar-refractivity contribution in [2.45, 2.75) is 52.6 Å². The van der Waals surface area contributed by atoms with Gasteiger partial charge < -0.3 is 4.57 Å². The largest absolute Gasteiger partial charge is 0.319 e. The summed E-state index contributed by atoms with van der Waals surface area (Å²) in [5.41, 5.74) is 10.5. The molecular weight excluding hydrogens is 824 g/mol. The molecule has 0 amide bonds. The Labute approximate surface area is 316 Å². The first-order valence-electron chi connectivity index (χ1n) is 17.6. The van der Waals surface area contributed by atoms with Crippen molar-refractivity contribution in [3.8, 4) is 16.9 Å². The van der Waals surface area contributed by atoms with E-state index in [9.17, 15) is 0 Å². The van der Waals surface area contributed by atoms with Crippen LogP contribution in [0.25, 0.3) is 38.8 Å². The zero-order valence-corrected chi connectivity index (χ0v) is 33.4. The zero-order valence-electron chi connectivity index (χ0n) is 30.2. The van der Waals surface area contributed by atoms with Gasteiger partial charge in [0.15, 0.2) is 0 Å². The van der Waals surface area contributed by atoms with Crippen molar-refractivity contribution < 1.29 is 26.0 Å². The molecule has 0 saturated heterocycles. The van der Waals surface area contributed by atoms with E-state index in [1.165, 1.54) is 43.4 Å². The van der Waals surface area contributed by atoms with E-state index in [-0.39, 0.29) is 21.1 Å². The normalized spacial score (nSPS) is 13.0. The third kappa shape index (κ3) is 5.93. The number of hydrogen-bond donors (Lipinski definition) is 0. The van der Waals surface area contributed by atoms with E-state index in [0.29, 0.717) is 11.8 Å². The monoisotopic (exact) mass is 866 g/mol. The maximum atomic E-state index is 5.02. The molecule has 0 bridgehead atoms. The molecule has 7 heteroatoms. The predicted octanol–water partition coefficient (Wildman–Crippen LogP) is 9.94. The number of fused-ring (bicyclic) bond motifs is 4. The Bertz CT molecular complexity index is 2370. The van der Waals surface area contributed by atoms with Crippen LogP contribution in [0, 0.1) is 12.1 Å². The summed E-state index contributed by atoms with van der Waals surface area (Å²) >= 11 is 0. The Balaban J connectivity index is 0.00000406. The third-order valence-corrected chi connectivity index (χ3v) is 13.5. The predicted molar refractivity (Wildman–Crippen MR) is 212 cm³/mol. The number of nitrogens with zero attached hydrogens (tertiary/aromatic N) is 4. The van der Waals surface area contributed by atoms with Gasteiger partial charge in [0.05, 0.1) is 15.1 Å². The molecule has 0 fully saturated rings. The summed E-state index contributed by atoms with van der Waals surface area (Å²) in [6.07, 6.45) is 1.97. The Morgan fingerprint density at radius 2 is 1.35 bits per heavy atom. The topological polar surface area (TPSA) is 37.1 Å². The van der Waals surface area contributed by atoms with Crippen LogP contribution in [0.2, 0.25) is 13.1 Å². The number of anilines is 3. The molecule has 0 unspecified atom stereocenters. The van der Waals surface area contributed by atoms with E-state index in [1.807, 2.05) is 23.4 Å². The van der Waals surface area contributed by atoms with Gasteiger partial charge in [-0.2, -0.15) is 51.7 Å². The van der Waals surface area contributed by atoms with E-state index in [1.54, 1.807) is 0 Å². The van der Waals surface area contributed by atoms with Crippen molar-refractivity contribution in [2.24, 2.45) is 0 Å². The first kappa shape index (κ1) is 34.9. The maximum absolute atomic E-state index is 5.02. The summed E-state index contributed by atoms with van der Waals surface area (Å²) in [7, 11) is -0.279. The second kappa shape index (κ2) is 13.6. The van der Waals surface area contributed by atoms with Crippen LogP contribution in [0.4, 0.5) is 17.1 Å². The molecule has 1 N–H and O–H groups in total. The van der Waals surface area contributed by atoms with Crippen LogP contribution in [0.3, 0.4) is 0 Å². The molecule has 7 aromatic rings. The molecule has 5 nitrogen and oxygen atoms in total. The van der Waals surface area contributed by atoms with Crippen molar-refractivity contribution in [3.63, 3.8) is 0 Å². The Morgan fingerprint density at radius 3 is 2.10 bits per heavy atom. The quantitative estimate of drug-likeness (QED) is 0.0910. The Morgan fingerprint density at radius 1 is 0.686 bits per heavy atom. The molecule has 1 aliphatic rings. The van der Waals surface area contributed by atoms with E-state index >= 15 is 0 Å². The van der Waals surface area contributed by atoms with Gasteiger partial charge in [0, 0.05) is 38.5 Å². The second-order valence-corrected chi connectivity index (χ2v) is 18.8. The second-order valence-electron chi connectivity index (χ2n) is 14.5. The van der Waals surface area contributed by atoms with E-state index in [0.717, 1.165) is 33.9 Å². The van der Waals surface area contributed by atoms with Gasteiger partial charge in [-0.1, -0.05) is 94.8 Å². The van der Waals surface area contributed by atoms with Crippen LogP contribution >= 0.6 is 0 Å². The van der Waals surface area contributed by atoms with E-state index in [4.69, 9.17) is 9.92 Å². The standard InChI is InChI=1S/C44H42N4OSi.Pt/c1-29(2)35-17-13-18-36(30(3)4)44(35)31-24-25-45-43(26-31)47-39-19-9-8-16-37(39)38-23-22-34(28-42(38)47)50(6,7)33-15-12-14-32(27-33)48-41-21-11-10-20-40(41)46(5)49-48;/h8-26,29-30H,1-7H3;/q-2;/p+1. The smallest absolute Gasteiger partial charge is 0.145 e. The Kier molecular flexibility index (Phi) is 9.30. The summed E-state index contributed by atoms with van der Waals surface area (Å²) in [4.78, 5) is 9.84. The summed E-state index contributed by atoms with van der Waals surface area (Å²) in [6, 6.07) is 47.0. The molecule has 0 saturated carbocycles. The average Bonchev–Trinajstić information content (AvgIpc) is 3.65. The first-order chi connectivity index (χ1) is 24.1. The van der Waals surface area contributed by atoms with Crippen LogP contribution in [0.1, 0.15) is 50.7 Å². The number of para-hydroxylation sites is 3. The van der Waals surface area contributed by atoms with E-state index < -0.39 is 8.07 Å². The summed E-state index contributed by atoms with van der Waals surface area (Å²) in [6.45, 7) is 13.9. The van der Waals surface area contributed by atoms with Crippen LogP contribution < -0.4 is 20.5 Å². The molecule has 260 valence electrons. The van der Waals surface area contributed by atoms with Crippen LogP contribution in [-0.2, 0) is 21.1 Å². The van der Waals surface area contributed by atoms with Gasteiger partial charge in [0.25, 0.3) is 0 Å². The molecule has 8 rings (SSSR count). The number of pyridine rings is 1. The fraction of sp³-hybridized carbons (Fsp3) is 0.205. The summed E-state index contributed by atoms with van der Waals surface area (Å²) < 4.78 is 2.31. The van der Waals surface area contributed by atoms with Crippen LogP contribution in [-0.4, -0.2) is 29.6 Å². The number of rotatable bonds is 7. The molecule has 51 heavy (non-hydrogen) atoms. The van der Waals surface area contributed by atoms with Crippen molar-refractivity contribution in [2.75, 3.05) is 17.2 Å². The molecule has 0 atom stereocenters. The maximum Gasteiger partial charge on any atom is 0.145 e. The molecule has 1 aliphatic heterocycles. The van der Waals surface area contributed by atoms with Gasteiger partial charge in [0.1, 0.15) is 17.2 Å². The Hall–Kier alpha value is -4.48. The SMILES string of the molecule is CC(C)c1cccc(C(C)C)c1-c1ccnc(-n2c3[c-]c([Si](C)(C)c4[c-]c(N5[OH+]N(C)c6ccccc65)ccc4)ccc3c3ccccc32)c1.[Pt]. The van der Waals surface area contributed by atoms with Crippen molar-refractivity contribution in [1.82, 2.24) is 9.55 Å². The number of benzene rings is 5. The van der Waals surface area contributed by atoms with Crippen molar-refractivity contribution in [3.05, 3.63) is 139 Å². The molecule has 0 aliphatic carbocycles. The van der Waals surface area contributed by atoms with Crippen molar-refractivity contribution >= 4 is 57.3 Å². The summed E-state index contributed by atoms with van der Waals surface area (Å²) in [5, 5.41) is 8.74. The molecule has 0 radical (unpaired) electrons. The molecule has 2 aromatic heterocycles. The van der Waals surface area contributed by atoms with Gasteiger partial charge >= 0.3 is 0 Å². The minimum atomic E-state index is -2.27.